The zero-order valence-corrected chi connectivity index (χ0v) is 22.9. The minimum Gasteiger partial charge on any atom is -0.493 e. The van der Waals surface area contributed by atoms with E-state index >= 15 is 0 Å². The molecule has 35 heavy (non-hydrogen) atoms. The largest absolute Gasteiger partial charge is 0.493 e. The van der Waals surface area contributed by atoms with Crippen LogP contribution < -0.4 is 9.46 Å². The normalized spacial score (nSPS) is 14.2. The summed E-state index contributed by atoms with van der Waals surface area (Å²) in [6.45, 7) is 12.7. The fraction of sp³-hybridized carbons (Fsp3) is 0.552. The highest BCUT2D eigenvalue weighted by Crippen LogP contribution is 2.42. The molecule has 0 aromatic heterocycles. The molecule has 0 fully saturated rings. The van der Waals surface area contributed by atoms with E-state index in [1.807, 2.05) is 39.8 Å². The highest BCUT2D eigenvalue weighted by atomic mass is 32.2. The van der Waals surface area contributed by atoms with Gasteiger partial charge in [-0.25, -0.2) is 4.79 Å². The lowest BCUT2D eigenvalue weighted by atomic mass is 9.86. The van der Waals surface area contributed by atoms with Gasteiger partial charge in [0.2, 0.25) is 0 Å². The van der Waals surface area contributed by atoms with Crippen LogP contribution in [0.25, 0.3) is 11.1 Å². The van der Waals surface area contributed by atoms with Crippen molar-refractivity contribution in [2.24, 2.45) is 0 Å². The Morgan fingerprint density at radius 2 is 1.97 bits per heavy atom. The van der Waals surface area contributed by atoms with Crippen LogP contribution in [0.5, 0.6) is 5.75 Å². The maximum Gasteiger partial charge on any atom is 0.337 e. The van der Waals surface area contributed by atoms with Crippen molar-refractivity contribution in [3.63, 3.8) is 0 Å². The van der Waals surface area contributed by atoms with Gasteiger partial charge in [0.1, 0.15) is 5.75 Å². The lowest BCUT2D eigenvalue weighted by Gasteiger charge is -2.30. The van der Waals surface area contributed by atoms with Gasteiger partial charge in [-0.3, -0.25) is 0 Å². The molecule has 192 valence electrons. The number of nitrogens with one attached hydrogen (secondary N) is 1. The molecule has 3 rings (SSSR count). The molecule has 0 aliphatic carbocycles. The van der Waals surface area contributed by atoms with Crippen LogP contribution in [-0.4, -0.2) is 29.0 Å². The van der Waals surface area contributed by atoms with Crippen LogP contribution >= 0.6 is 11.9 Å². The molecule has 1 aliphatic rings. The number of aliphatic carboxylic acids is 1. The second kappa shape index (κ2) is 12.2. The Bertz CT molecular complexity index is 1030. The van der Waals surface area contributed by atoms with Gasteiger partial charge < -0.3 is 19.3 Å². The number of carbonyl (C=O) groups is 1. The summed E-state index contributed by atoms with van der Waals surface area (Å²) in [6.07, 6.45) is 5.75. The van der Waals surface area contributed by atoms with E-state index in [1.54, 1.807) is 11.9 Å². The third kappa shape index (κ3) is 7.17. The Balaban J connectivity index is 2.06. The van der Waals surface area contributed by atoms with Crippen LogP contribution in [0.2, 0.25) is 0 Å². The summed E-state index contributed by atoms with van der Waals surface area (Å²) in [5, 5.41) is 10.3. The van der Waals surface area contributed by atoms with Crippen LogP contribution in [0.3, 0.4) is 0 Å². The fourth-order valence-corrected chi connectivity index (χ4v) is 5.41. The average Bonchev–Trinajstić information content (AvgIpc) is 2.80. The maximum atomic E-state index is 12.6. The predicted molar refractivity (Wildman–Crippen MR) is 147 cm³/mol. The Morgan fingerprint density at radius 1 is 1.20 bits per heavy atom. The van der Waals surface area contributed by atoms with Gasteiger partial charge in [0.05, 0.1) is 12.2 Å². The summed E-state index contributed by atoms with van der Waals surface area (Å²) < 4.78 is 15.5. The number of carboxylic acid groups (broad SMARTS) is 1. The molecule has 0 amide bonds. The number of rotatable bonds is 11. The van der Waals surface area contributed by atoms with Crippen molar-refractivity contribution in [1.29, 1.82) is 0 Å². The number of carboxylic acids is 1. The average molecular weight is 500 g/mol. The number of hydrogen-bond donors (Lipinski definition) is 2. The SMILES string of the molecule is CCCCCCSNc1cc(C)c(-c2ccc3c(c2)CCCO3)c(C(OC(C)(C)C)C(=O)O)c1C. The third-order valence-electron chi connectivity index (χ3n) is 6.27. The Labute approximate surface area is 215 Å². The number of benzene rings is 2. The van der Waals surface area contributed by atoms with E-state index in [1.165, 1.54) is 24.8 Å². The summed E-state index contributed by atoms with van der Waals surface area (Å²) in [6, 6.07) is 8.35. The first kappa shape index (κ1) is 27.4. The third-order valence-corrected chi connectivity index (χ3v) is 7.13. The van der Waals surface area contributed by atoms with Crippen molar-refractivity contribution in [1.82, 2.24) is 0 Å². The quantitative estimate of drug-likeness (QED) is 0.242. The molecule has 1 aliphatic heterocycles. The number of aryl methyl sites for hydroxylation is 2. The monoisotopic (exact) mass is 499 g/mol. The summed E-state index contributed by atoms with van der Waals surface area (Å²) in [5.74, 6) is 0.963. The Kier molecular flexibility index (Phi) is 9.54. The van der Waals surface area contributed by atoms with Crippen LogP contribution in [0.1, 0.15) is 88.2 Å². The van der Waals surface area contributed by atoms with E-state index in [4.69, 9.17) is 9.47 Å². The van der Waals surface area contributed by atoms with E-state index in [2.05, 4.69) is 30.7 Å². The molecule has 0 radical (unpaired) electrons. The summed E-state index contributed by atoms with van der Waals surface area (Å²) in [4.78, 5) is 12.6. The lowest BCUT2D eigenvalue weighted by Crippen LogP contribution is -2.28. The molecule has 0 saturated carbocycles. The number of fused-ring (bicyclic) bond motifs is 1. The molecule has 1 heterocycles. The summed E-state index contributed by atoms with van der Waals surface area (Å²) in [5.41, 5.74) is 6.12. The van der Waals surface area contributed by atoms with Crippen LogP contribution in [-0.2, 0) is 16.0 Å². The first-order chi connectivity index (χ1) is 16.6. The standard InChI is InChI=1S/C29H41NO4S/c1-7-8-9-10-16-35-30-23-17-19(2)25(22-13-14-24-21(18-22)12-11-15-33-24)26(20(23)3)27(28(31)32)34-29(4,5)6/h13-14,17-18,27,30H,7-12,15-16H2,1-6H3,(H,31,32). The molecule has 0 bridgehead atoms. The van der Waals surface area contributed by atoms with Crippen molar-refractivity contribution in [2.75, 3.05) is 17.1 Å². The van der Waals surface area contributed by atoms with Crippen LogP contribution in [0.15, 0.2) is 24.3 Å². The number of anilines is 1. The summed E-state index contributed by atoms with van der Waals surface area (Å²) >= 11 is 1.69. The van der Waals surface area contributed by atoms with Gasteiger partial charge in [-0.1, -0.05) is 44.2 Å². The van der Waals surface area contributed by atoms with Crippen molar-refractivity contribution < 1.29 is 19.4 Å². The van der Waals surface area contributed by atoms with Gasteiger partial charge in [0.15, 0.2) is 6.10 Å². The lowest BCUT2D eigenvalue weighted by molar-refractivity contribution is -0.160. The van der Waals surface area contributed by atoms with Crippen molar-refractivity contribution >= 4 is 23.6 Å². The molecular weight excluding hydrogens is 458 g/mol. The van der Waals surface area contributed by atoms with E-state index in [9.17, 15) is 9.90 Å². The van der Waals surface area contributed by atoms with Gasteiger partial charge >= 0.3 is 5.97 Å². The molecule has 6 heteroatoms. The van der Waals surface area contributed by atoms with E-state index in [0.29, 0.717) is 0 Å². The Hall–Kier alpha value is -2.18. The molecular formula is C29H41NO4S. The second-order valence-corrected chi connectivity index (χ2v) is 11.3. The molecule has 0 spiro atoms. The van der Waals surface area contributed by atoms with E-state index in [-0.39, 0.29) is 0 Å². The number of hydrogen-bond acceptors (Lipinski definition) is 5. The highest BCUT2D eigenvalue weighted by molar-refractivity contribution is 8.00. The van der Waals surface area contributed by atoms with E-state index in [0.717, 1.165) is 70.9 Å². The van der Waals surface area contributed by atoms with Gasteiger partial charge in [-0.2, -0.15) is 0 Å². The first-order valence-electron chi connectivity index (χ1n) is 12.8. The maximum absolute atomic E-state index is 12.6. The first-order valence-corrected chi connectivity index (χ1v) is 13.8. The van der Waals surface area contributed by atoms with Crippen molar-refractivity contribution in [3.05, 3.63) is 46.5 Å². The zero-order valence-electron chi connectivity index (χ0n) is 22.1. The molecule has 1 unspecified atom stereocenters. The molecule has 2 aromatic carbocycles. The predicted octanol–water partition coefficient (Wildman–Crippen LogP) is 7.88. The van der Waals surface area contributed by atoms with Gasteiger partial charge in [0.25, 0.3) is 0 Å². The number of unbranched alkanes of at least 4 members (excludes halogenated alkanes) is 3. The smallest absolute Gasteiger partial charge is 0.337 e. The van der Waals surface area contributed by atoms with Gasteiger partial charge in [0, 0.05) is 17.0 Å². The van der Waals surface area contributed by atoms with Gasteiger partial charge in [-0.05, 0) is 99.9 Å². The second-order valence-electron chi connectivity index (χ2n) is 10.4. The van der Waals surface area contributed by atoms with Crippen molar-refractivity contribution in [2.45, 2.75) is 91.8 Å². The highest BCUT2D eigenvalue weighted by Gasteiger charge is 2.32. The molecule has 5 nitrogen and oxygen atoms in total. The van der Waals surface area contributed by atoms with Gasteiger partial charge in [-0.15, -0.1) is 0 Å². The minimum absolute atomic E-state index is 0.609. The summed E-state index contributed by atoms with van der Waals surface area (Å²) in [7, 11) is 0. The van der Waals surface area contributed by atoms with E-state index < -0.39 is 17.7 Å². The zero-order chi connectivity index (χ0) is 25.6. The Morgan fingerprint density at radius 3 is 2.66 bits per heavy atom. The van der Waals surface area contributed by atoms with Crippen LogP contribution in [0.4, 0.5) is 5.69 Å². The fourth-order valence-electron chi connectivity index (χ4n) is 4.59. The molecule has 2 aromatic rings. The molecule has 1 atom stereocenters. The molecule has 2 N–H and O–H groups in total. The minimum atomic E-state index is -1.08. The number of ether oxygens (including phenoxy) is 2. The molecule has 0 saturated heterocycles. The van der Waals surface area contributed by atoms with Crippen molar-refractivity contribution in [3.8, 4) is 16.9 Å². The topological polar surface area (TPSA) is 67.8 Å². The van der Waals surface area contributed by atoms with Crippen LogP contribution in [0, 0.1) is 13.8 Å².